The van der Waals surface area contributed by atoms with Crippen molar-refractivity contribution in [3.05, 3.63) is 79.0 Å². The Morgan fingerprint density at radius 3 is 2.57 bits per heavy atom. The highest BCUT2D eigenvalue weighted by Gasteiger charge is 2.31. The van der Waals surface area contributed by atoms with Crippen LogP contribution in [0, 0.1) is 6.92 Å². The van der Waals surface area contributed by atoms with Crippen LogP contribution in [-0.2, 0) is 0 Å². The van der Waals surface area contributed by atoms with Gasteiger partial charge in [0, 0.05) is 34.9 Å². The third-order valence-corrected chi connectivity index (χ3v) is 5.27. The standard InChI is InChI=1S/C23H16F3N7OS/c1-14-3-2-4-19(29-14)21-18(15-5-10-20-27-13-28-32(20)11-15)12-33(31-21)22(35)30-16-6-8-17(9-7-16)34-23(24,25)26/h2-13H,1H3,(H,30,35). The largest absolute Gasteiger partial charge is 0.573 e. The molecule has 35 heavy (non-hydrogen) atoms. The predicted molar refractivity (Wildman–Crippen MR) is 127 cm³/mol. The van der Waals surface area contributed by atoms with E-state index in [9.17, 15) is 13.2 Å². The number of nitrogens with zero attached hydrogens (tertiary/aromatic N) is 6. The molecule has 0 bridgehead atoms. The second-order valence-corrected chi connectivity index (χ2v) is 7.87. The Bertz CT molecular complexity index is 1530. The van der Waals surface area contributed by atoms with Crippen molar-refractivity contribution < 1.29 is 17.9 Å². The molecule has 4 aromatic heterocycles. The van der Waals surface area contributed by atoms with Gasteiger partial charge in [-0.1, -0.05) is 6.07 Å². The minimum absolute atomic E-state index is 0.219. The maximum atomic E-state index is 12.4. The average Bonchev–Trinajstić information content (AvgIpc) is 3.46. The number of rotatable bonds is 4. The van der Waals surface area contributed by atoms with Crippen molar-refractivity contribution in [3.63, 3.8) is 0 Å². The van der Waals surface area contributed by atoms with Crippen LogP contribution in [0.2, 0.25) is 0 Å². The zero-order chi connectivity index (χ0) is 24.6. The van der Waals surface area contributed by atoms with E-state index in [1.807, 2.05) is 43.5 Å². The van der Waals surface area contributed by atoms with Crippen molar-refractivity contribution >= 4 is 28.7 Å². The average molecular weight is 495 g/mol. The van der Waals surface area contributed by atoms with Crippen LogP contribution in [0.15, 0.2) is 73.3 Å². The maximum absolute atomic E-state index is 12.4. The van der Waals surface area contributed by atoms with E-state index in [2.05, 4.69) is 30.2 Å². The van der Waals surface area contributed by atoms with Gasteiger partial charge in [0.15, 0.2) is 10.8 Å². The van der Waals surface area contributed by atoms with Gasteiger partial charge in [0.25, 0.3) is 0 Å². The number of pyridine rings is 2. The number of aromatic nitrogens is 6. The van der Waals surface area contributed by atoms with Crippen LogP contribution in [0.1, 0.15) is 5.69 Å². The molecule has 8 nitrogen and oxygen atoms in total. The van der Waals surface area contributed by atoms with Gasteiger partial charge in [0.2, 0.25) is 0 Å². The Morgan fingerprint density at radius 2 is 1.83 bits per heavy atom. The summed E-state index contributed by atoms with van der Waals surface area (Å²) in [6.07, 6.45) is 0.299. The molecule has 176 valence electrons. The van der Waals surface area contributed by atoms with E-state index in [4.69, 9.17) is 12.2 Å². The fourth-order valence-corrected chi connectivity index (χ4v) is 3.66. The van der Waals surface area contributed by atoms with Crippen molar-refractivity contribution in [2.75, 3.05) is 5.32 Å². The van der Waals surface area contributed by atoms with E-state index < -0.39 is 6.36 Å². The number of hydrogen-bond donors (Lipinski definition) is 1. The highest BCUT2D eigenvalue weighted by molar-refractivity contribution is 7.80. The van der Waals surface area contributed by atoms with Crippen molar-refractivity contribution in [1.29, 1.82) is 0 Å². The number of hydrogen-bond acceptors (Lipinski definition) is 6. The van der Waals surface area contributed by atoms with E-state index in [-0.39, 0.29) is 10.9 Å². The first-order valence-electron chi connectivity index (χ1n) is 10.3. The molecule has 0 aliphatic rings. The highest BCUT2D eigenvalue weighted by atomic mass is 32.1. The zero-order valence-electron chi connectivity index (χ0n) is 18.1. The molecule has 0 amide bonds. The SMILES string of the molecule is Cc1cccc(-c2nn(C(=S)Nc3ccc(OC(F)(F)F)cc3)cc2-c2ccc3ncnn3c2)n1. The summed E-state index contributed by atoms with van der Waals surface area (Å²) in [6.45, 7) is 1.89. The summed E-state index contributed by atoms with van der Waals surface area (Å²) in [7, 11) is 0. The number of aryl methyl sites for hydroxylation is 1. The van der Waals surface area contributed by atoms with Gasteiger partial charge in [-0.3, -0.25) is 4.98 Å². The van der Waals surface area contributed by atoms with Gasteiger partial charge in [-0.2, -0.15) is 10.2 Å². The number of ether oxygens (including phenoxy) is 1. The summed E-state index contributed by atoms with van der Waals surface area (Å²) in [5.41, 5.74) is 4.85. The van der Waals surface area contributed by atoms with Crippen molar-refractivity contribution in [2.24, 2.45) is 0 Å². The molecule has 5 aromatic rings. The molecular formula is C23H16F3N7OS. The monoisotopic (exact) mass is 495 g/mol. The van der Waals surface area contributed by atoms with Crippen molar-refractivity contribution in [3.8, 4) is 28.3 Å². The van der Waals surface area contributed by atoms with Crippen LogP contribution >= 0.6 is 12.2 Å². The van der Waals surface area contributed by atoms with Crippen LogP contribution in [0.3, 0.4) is 0 Å². The lowest BCUT2D eigenvalue weighted by atomic mass is 10.1. The molecule has 5 rings (SSSR count). The number of halogens is 3. The Labute approximate surface area is 202 Å². The third-order valence-electron chi connectivity index (χ3n) is 4.98. The molecule has 12 heteroatoms. The first kappa shape index (κ1) is 22.5. The van der Waals surface area contributed by atoms with Gasteiger partial charge in [0.1, 0.15) is 17.8 Å². The molecule has 0 aliphatic carbocycles. The third kappa shape index (κ3) is 4.96. The van der Waals surface area contributed by atoms with Gasteiger partial charge in [-0.05, 0) is 67.7 Å². The predicted octanol–water partition coefficient (Wildman–Crippen LogP) is 5.11. The van der Waals surface area contributed by atoms with E-state index in [0.29, 0.717) is 22.7 Å². The van der Waals surface area contributed by atoms with Crippen LogP contribution in [0.4, 0.5) is 18.9 Å². The maximum Gasteiger partial charge on any atom is 0.573 e. The number of benzene rings is 1. The molecule has 0 saturated heterocycles. The summed E-state index contributed by atoms with van der Waals surface area (Å²) in [5.74, 6) is -0.327. The Morgan fingerprint density at radius 1 is 1.03 bits per heavy atom. The summed E-state index contributed by atoms with van der Waals surface area (Å²) < 4.78 is 44.2. The van der Waals surface area contributed by atoms with Crippen LogP contribution < -0.4 is 10.1 Å². The number of anilines is 1. The Hall–Kier alpha value is -4.32. The van der Waals surface area contributed by atoms with Crippen molar-refractivity contribution in [1.82, 2.24) is 29.4 Å². The molecular weight excluding hydrogens is 479 g/mol. The molecule has 4 heterocycles. The summed E-state index contributed by atoms with van der Waals surface area (Å²) in [4.78, 5) is 8.77. The lowest BCUT2D eigenvalue weighted by molar-refractivity contribution is -0.274. The Kier molecular flexibility index (Phi) is 5.65. The fraction of sp³-hybridized carbons (Fsp3) is 0.0870. The number of nitrogens with one attached hydrogen (secondary N) is 1. The minimum Gasteiger partial charge on any atom is -0.406 e. The van der Waals surface area contributed by atoms with Gasteiger partial charge < -0.3 is 10.1 Å². The fourth-order valence-electron chi connectivity index (χ4n) is 3.45. The molecule has 0 aliphatic heterocycles. The summed E-state index contributed by atoms with van der Waals surface area (Å²) in [6, 6.07) is 14.6. The van der Waals surface area contributed by atoms with E-state index >= 15 is 0 Å². The van der Waals surface area contributed by atoms with Crippen molar-refractivity contribution in [2.45, 2.75) is 13.3 Å². The zero-order valence-corrected chi connectivity index (χ0v) is 18.9. The number of alkyl halides is 3. The lowest BCUT2D eigenvalue weighted by Gasteiger charge is -2.11. The second kappa shape index (κ2) is 8.80. The summed E-state index contributed by atoms with van der Waals surface area (Å²) >= 11 is 5.52. The number of fused-ring (bicyclic) bond motifs is 1. The van der Waals surface area contributed by atoms with Gasteiger partial charge >= 0.3 is 6.36 Å². The topological polar surface area (TPSA) is 82.2 Å². The van der Waals surface area contributed by atoms with E-state index in [1.54, 1.807) is 10.7 Å². The molecule has 0 atom stereocenters. The number of thiocarbonyl (C=S) groups is 1. The first-order chi connectivity index (χ1) is 16.7. The minimum atomic E-state index is -4.76. The van der Waals surface area contributed by atoms with E-state index in [1.165, 1.54) is 35.3 Å². The molecule has 0 radical (unpaired) electrons. The van der Waals surface area contributed by atoms with Crippen LogP contribution in [0.25, 0.3) is 28.2 Å². The van der Waals surface area contributed by atoms with Gasteiger partial charge in [-0.25, -0.2) is 14.2 Å². The molecule has 0 fully saturated rings. The molecule has 0 spiro atoms. The molecule has 1 aromatic carbocycles. The highest BCUT2D eigenvalue weighted by Crippen LogP contribution is 2.31. The van der Waals surface area contributed by atoms with Gasteiger partial charge in [0.05, 0.1) is 5.69 Å². The second-order valence-electron chi connectivity index (χ2n) is 7.48. The quantitative estimate of drug-likeness (QED) is 0.347. The smallest absolute Gasteiger partial charge is 0.406 e. The molecule has 0 unspecified atom stereocenters. The van der Waals surface area contributed by atoms with Crippen LogP contribution in [-0.4, -0.2) is 40.8 Å². The molecule has 0 saturated carbocycles. The lowest BCUT2D eigenvalue weighted by Crippen LogP contribution is -2.20. The molecule has 1 N–H and O–H groups in total. The normalized spacial score (nSPS) is 11.5. The Balaban J connectivity index is 1.48. The first-order valence-corrected chi connectivity index (χ1v) is 10.7. The van der Waals surface area contributed by atoms with Crippen LogP contribution in [0.5, 0.6) is 5.75 Å². The summed E-state index contributed by atoms with van der Waals surface area (Å²) in [5, 5.41) is 12.0. The van der Waals surface area contributed by atoms with Gasteiger partial charge in [-0.15, -0.1) is 13.2 Å². The van der Waals surface area contributed by atoms with E-state index in [0.717, 1.165) is 16.8 Å².